The van der Waals surface area contributed by atoms with Gasteiger partial charge in [-0.05, 0) is 42.8 Å². The second-order valence-corrected chi connectivity index (χ2v) is 7.93. The van der Waals surface area contributed by atoms with Crippen molar-refractivity contribution in [2.45, 2.75) is 13.5 Å². The fraction of sp³-hybridized carbons (Fsp3) is 0.0769. The zero-order valence-corrected chi connectivity index (χ0v) is 18.8. The lowest BCUT2D eigenvalue weighted by Crippen LogP contribution is -2.06. The zero-order valence-electron chi connectivity index (χ0n) is 18.8. The first-order chi connectivity index (χ1) is 17.0. The maximum Gasteiger partial charge on any atom is 0.241 e. The first kappa shape index (κ1) is 21.7. The summed E-state index contributed by atoms with van der Waals surface area (Å²) < 4.78 is 3.48. The molecule has 0 radical (unpaired) electrons. The van der Waals surface area contributed by atoms with Gasteiger partial charge in [0, 0.05) is 29.1 Å². The Bertz CT molecular complexity index is 1640. The number of amides is 1. The first-order valence-corrected chi connectivity index (χ1v) is 10.8. The maximum atomic E-state index is 11.5. The number of primary amides is 1. The Balaban J connectivity index is 1.71. The highest BCUT2D eigenvalue weighted by Crippen LogP contribution is 2.34. The molecular formula is C26H20N8O. The third-order valence-electron chi connectivity index (χ3n) is 5.45. The lowest BCUT2D eigenvalue weighted by atomic mass is 10.0. The summed E-state index contributed by atoms with van der Waals surface area (Å²) in [5.41, 5.74) is 12.1. The summed E-state index contributed by atoms with van der Waals surface area (Å²) in [6.07, 6.45) is 6.31. The Kier molecular flexibility index (Phi) is 5.61. The van der Waals surface area contributed by atoms with Gasteiger partial charge in [-0.15, -0.1) is 0 Å². The number of aromatic nitrogens is 6. The van der Waals surface area contributed by atoms with Crippen LogP contribution >= 0.6 is 0 Å². The largest absolute Gasteiger partial charge is 0.366 e. The molecule has 9 nitrogen and oxygen atoms in total. The van der Waals surface area contributed by atoms with Gasteiger partial charge in [-0.3, -0.25) is 14.5 Å². The third kappa shape index (κ3) is 4.41. The summed E-state index contributed by atoms with van der Waals surface area (Å²) in [7, 11) is 0. The summed E-state index contributed by atoms with van der Waals surface area (Å²) in [5.74, 6) is -0.566. The number of hydrogen-bond acceptors (Lipinski definition) is 5. The molecule has 9 heteroatoms. The number of hydrogen-bond donors (Lipinski definition) is 1. The monoisotopic (exact) mass is 460 g/mol. The number of fused-ring (bicyclic) bond motifs is 1. The normalized spacial score (nSPS) is 11.2. The third-order valence-corrected chi connectivity index (χ3v) is 5.45. The van der Waals surface area contributed by atoms with Gasteiger partial charge in [-0.25, -0.2) is 14.3 Å². The van der Waals surface area contributed by atoms with E-state index < -0.39 is 5.91 Å². The van der Waals surface area contributed by atoms with Crippen LogP contribution in [0.3, 0.4) is 0 Å². The number of carbonyl (C=O) groups excluding carboxylic acids is 1. The van der Waals surface area contributed by atoms with E-state index in [1.54, 1.807) is 16.7 Å². The topological polar surface area (TPSA) is 108 Å². The van der Waals surface area contributed by atoms with Gasteiger partial charge in [-0.2, -0.15) is 10.2 Å². The molecule has 2 N–H and O–H groups in total. The molecule has 0 unspecified atom stereocenters. The van der Waals surface area contributed by atoms with E-state index in [0.717, 1.165) is 28.1 Å². The van der Waals surface area contributed by atoms with E-state index in [9.17, 15) is 4.79 Å². The second-order valence-electron chi connectivity index (χ2n) is 7.93. The molecule has 170 valence electrons. The fourth-order valence-electron chi connectivity index (χ4n) is 3.93. The number of carbonyl (C=O) groups is 1. The van der Waals surface area contributed by atoms with Gasteiger partial charge in [-0.1, -0.05) is 30.3 Å². The summed E-state index contributed by atoms with van der Waals surface area (Å²) in [4.78, 5) is 24.0. The van der Waals surface area contributed by atoms with Crippen molar-refractivity contribution in [1.82, 2.24) is 29.4 Å². The van der Waals surface area contributed by atoms with Gasteiger partial charge < -0.3 is 5.73 Å². The molecule has 4 aromatic heterocycles. The van der Waals surface area contributed by atoms with Gasteiger partial charge in [0.05, 0.1) is 24.5 Å². The summed E-state index contributed by atoms with van der Waals surface area (Å²) >= 11 is 0. The van der Waals surface area contributed by atoms with E-state index in [-0.39, 0.29) is 0 Å². The molecule has 1 aromatic carbocycles. The molecule has 0 aliphatic carbocycles. The van der Waals surface area contributed by atoms with Crippen LogP contribution in [0.2, 0.25) is 0 Å². The Morgan fingerprint density at radius 1 is 1.14 bits per heavy atom. The molecule has 0 saturated carbocycles. The predicted molar refractivity (Wildman–Crippen MR) is 132 cm³/mol. The SMILES string of the molecule is [C-]#[N+]c1cccc(Cn2cc(-c3ccc4ncnn4c3/C=C/C(N)=O)c(-c3cccc(C)n3)n2)c1. The fourth-order valence-corrected chi connectivity index (χ4v) is 3.93. The molecule has 5 rings (SSSR count). The van der Waals surface area contributed by atoms with Gasteiger partial charge in [0.1, 0.15) is 12.0 Å². The van der Waals surface area contributed by atoms with E-state index in [4.69, 9.17) is 22.4 Å². The van der Waals surface area contributed by atoms with Crippen molar-refractivity contribution >= 4 is 23.3 Å². The van der Waals surface area contributed by atoms with Crippen molar-refractivity contribution in [2.75, 3.05) is 0 Å². The molecule has 35 heavy (non-hydrogen) atoms. The predicted octanol–water partition coefficient (Wildman–Crippen LogP) is 4.06. The quantitative estimate of drug-likeness (QED) is 0.304. The van der Waals surface area contributed by atoms with Crippen LogP contribution in [-0.4, -0.2) is 35.3 Å². The van der Waals surface area contributed by atoms with Crippen molar-refractivity contribution in [1.29, 1.82) is 0 Å². The van der Waals surface area contributed by atoms with Crippen molar-refractivity contribution in [3.8, 4) is 22.5 Å². The highest BCUT2D eigenvalue weighted by atomic mass is 16.1. The highest BCUT2D eigenvalue weighted by Gasteiger charge is 2.19. The van der Waals surface area contributed by atoms with E-state index in [1.165, 1.54) is 12.4 Å². The molecule has 0 atom stereocenters. The molecule has 0 spiro atoms. The first-order valence-electron chi connectivity index (χ1n) is 10.8. The van der Waals surface area contributed by atoms with E-state index in [0.29, 0.717) is 29.3 Å². The Morgan fingerprint density at radius 2 is 2.00 bits per heavy atom. The summed E-state index contributed by atoms with van der Waals surface area (Å²) in [5, 5.41) is 9.19. The van der Waals surface area contributed by atoms with Crippen LogP contribution in [0.1, 0.15) is 17.0 Å². The van der Waals surface area contributed by atoms with E-state index >= 15 is 0 Å². The van der Waals surface area contributed by atoms with Crippen LogP contribution < -0.4 is 5.73 Å². The molecule has 0 fully saturated rings. The number of rotatable bonds is 6. The lowest BCUT2D eigenvalue weighted by Gasteiger charge is -2.08. The van der Waals surface area contributed by atoms with Crippen LogP contribution in [0.25, 0.3) is 39.1 Å². The van der Waals surface area contributed by atoms with Gasteiger partial charge in [0.2, 0.25) is 5.91 Å². The number of nitrogens with two attached hydrogens (primary N) is 1. The number of nitrogens with zero attached hydrogens (tertiary/aromatic N) is 7. The second kappa shape index (κ2) is 9.03. The highest BCUT2D eigenvalue weighted by molar-refractivity contribution is 5.92. The summed E-state index contributed by atoms with van der Waals surface area (Å²) in [6, 6.07) is 17.0. The molecule has 0 bridgehead atoms. The van der Waals surface area contributed by atoms with Crippen LogP contribution in [-0.2, 0) is 11.3 Å². The van der Waals surface area contributed by atoms with Crippen molar-refractivity contribution in [2.24, 2.45) is 5.73 Å². The van der Waals surface area contributed by atoms with Crippen LogP contribution in [0, 0.1) is 13.5 Å². The van der Waals surface area contributed by atoms with E-state index in [1.807, 2.05) is 66.3 Å². The van der Waals surface area contributed by atoms with Crippen molar-refractivity contribution in [3.05, 3.63) is 102 Å². The van der Waals surface area contributed by atoms with Gasteiger partial charge in [0.15, 0.2) is 11.3 Å². The van der Waals surface area contributed by atoms with Crippen LogP contribution in [0.5, 0.6) is 0 Å². The maximum absolute atomic E-state index is 11.5. The molecule has 0 aliphatic rings. The minimum Gasteiger partial charge on any atom is -0.366 e. The van der Waals surface area contributed by atoms with Gasteiger partial charge >= 0.3 is 0 Å². The minimum atomic E-state index is -0.566. The molecular weight excluding hydrogens is 440 g/mol. The van der Waals surface area contributed by atoms with Gasteiger partial charge in [0.25, 0.3) is 0 Å². The van der Waals surface area contributed by atoms with Crippen LogP contribution in [0.4, 0.5) is 5.69 Å². The Hall–Kier alpha value is -5.10. The molecule has 0 saturated heterocycles. The Labute approximate surface area is 201 Å². The number of aryl methyl sites for hydroxylation is 1. The average Bonchev–Trinajstić information content (AvgIpc) is 3.50. The zero-order chi connectivity index (χ0) is 24.4. The summed E-state index contributed by atoms with van der Waals surface area (Å²) in [6.45, 7) is 9.69. The standard InChI is InChI=1S/C26H20N8O/c1-17-5-3-8-22(31-17)26-21(15-33(32-26)14-18-6-4-7-19(13-18)28-2)20-9-12-25-29-16-30-34(25)23(20)10-11-24(27)35/h3-13,15-16H,14H2,1H3,(H2,27,35)/b11-10+. The smallest absolute Gasteiger partial charge is 0.241 e. The molecule has 1 amide bonds. The number of pyridine rings is 2. The Morgan fingerprint density at radius 3 is 2.80 bits per heavy atom. The molecule has 5 aromatic rings. The number of benzene rings is 1. The van der Waals surface area contributed by atoms with Crippen molar-refractivity contribution in [3.63, 3.8) is 0 Å². The van der Waals surface area contributed by atoms with E-state index in [2.05, 4.69) is 14.9 Å². The molecule has 4 heterocycles. The van der Waals surface area contributed by atoms with Crippen LogP contribution in [0.15, 0.2) is 73.2 Å². The lowest BCUT2D eigenvalue weighted by molar-refractivity contribution is -0.113. The molecule has 0 aliphatic heterocycles. The average molecular weight is 461 g/mol. The minimum absolute atomic E-state index is 0.472. The van der Waals surface area contributed by atoms with Crippen molar-refractivity contribution < 1.29 is 4.79 Å².